The van der Waals surface area contributed by atoms with Crippen LogP contribution in [0, 0.1) is 11.6 Å². The van der Waals surface area contributed by atoms with Gasteiger partial charge in [-0.25, -0.2) is 8.78 Å². The Hall–Kier alpha value is -3.43. The fourth-order valence-corrected chi connectivity index (χ4v) is 2.94. The maximum Gasteiger partial charge on any atom is 0.291 e. The molecule has 0 aliphatic carbocycles. The first-order valence-electron chi connectivity index (χ1n) is 9.40. The van der Waals surface area contributed by atoms with Crippen molar-refractivity contribution in [2.24, 2.45) is 0 Å². The summed E-state index contributed by atoms with van der Waals surface area (Å²) in [6, 6.07) is 6.75. The molecule has 0 aliphatic heterocycles. The van der Waals surface area contributed by atoms with Crippen molar-refractivity contribution in [1.82, 2.24) is 10.6 Å². The lowest BCUT2D eigenvalue weighted by Crippen LogP contribution is -2.31. The first-order valence-corrected chi connectivity index (χ1v) is 10.2. The molecule has 2 aromatic carbocycles. The van der Waals surface area contributed by atoms with Gasteiger partial charge in [0, 0.05) is 36.9 Å². The van der Waals surface area contributed by atoms with Gasteiger partial charge < -0.3 is 19.8 Å². The Bertz CT molecular complexity index is 1310. The van der Waals surface area contributed by atoms with Crippen molar-refractivity contribution in [2.75, 3.05) is 13.2 Å². The lowest BCUT2D eigenvalue weighted by atomic mass is 10.2. The summed E-state index contributed by atoms with van der Waals surface area (Å²) in [5.41, 5.74) is -0.422. The summed E-state index contributed by atoms with van der Waals surface area (Å²) in [4.78, 5) is 36.3. The number of hydrogen-bond acceptors (Lipinski definition) is 5. The van der Waals surface area contributed by atoms with Crippen molar-refractivity contribution in [2.45, 2.75) is 6.42 Å². The third-order valence-corrected chi connectivity index (χ3v) is 4.89. The highest BCUT2D eigenvalue weighted by Gasteiger charge is 2.15. The van der Waals surface area contributed by atoms with Crippen molar-refractivity contribution in [1.29, 1.82) is 0 Å². The van der Waals surface area contributed by atoms with Gasteiger partial charge in [-0.05, 0) is 18.2 Å². The first-order chi connectivity index (χ1) is 15.6. The minimum Gasteiger partial charge on any atom is -0.484 e. The molecule has 0 atom stereocenters. The van der Waals surface area contributed by atoms with Crippen molar-refractivity contribution < 1.29 is 27.5 Å². The number of halogens is 4. The maximum absolute atomic E-state index is 13.5. The zero-order valence-corrected chi connectivity index (χ0v) is 18.4. The number of rotatable bonds is 8. The van der Waals surface area contributed by atoms with E-state index in [2.05, 4.69) is 17.2 Å². The zero-order valence-electron chi connectivity index (χ0n) is 16.8. The Morgan fingerprint density at radius 3 is 2.52 bits per heavy atom. The lowest BCUT2D eigenvalue weighted by Gasteiger charge is -2.10. The average molecular weight is 497 g/mol. The molecule has 0 fully saturated rings. The molecule has 0 aliphatic rings. The molecule has 0 bridgehead atoms. The van der Waals surface area contributed by atoms with Crippen molar-refractivity contribution in [3.05, 3.63) is 86.3 Å². The number of fused-ring (bicyclic) bond motifs is 1. The third kappa shape index (κ3) is 6.30. The van der Waals surface area contributed by atoms with Crippen LogP contribution in [0.5, 0.6) is 5.75 Å². The van der Waals surface area contributed by atoms with E-state index in [1.54, 1.807) is 0 Å². The monoisotopic (exact) mass is 496 g/mol. The minimum absolute atomic E-state index is 0.0440. The molecule has 3 rings (SSSR count). The summed E-state index contributed by atoms with van der Waals surface area (Å²) < 4.78 is 37.4. The van der Waals surface area contributed by atoms with Crippen LogP contribution < -0.4 is 20.8 Å². The van der Waals surface area contributed by atoms with Gasteiger partial charge in [0.1, 0.15) is 23.0 Å². The number of nitrogens with one attached hydrogen (secondary N) is 2. The van der Waals surface area contributed by atoms with E-state index in [-0.39, 0.29) is 57.8 Å². The molecule has 2 amide bonds. The van der Waals surface area contributed by atoms with E-state index in [1.165, 1.54) is 12.1 Å². The Morgan fingerprint density at radius 1 is 1.06 bits per heavy atom. The summed E-state index contributed by atoms with van der Waals surface area (Å²) in [6.07, 6.45) is 0.169. The first kappa shape index (κ1) is 24.2. The molecule has 7 nitrogen and oxygen atoms in total. The van der Waals surface area contributed by atoms with Crippen LogP contribution in [0.3, 0.4) is 0 Å². The van der Waals surface area contributed by atoms with Gasteiger partial charge in [0.2, 0.25) is 0 Å². The molecular weight excluding hydrogens is 481 g/mol. The fraction of sp³-hybridized carbons (Fsp3) is 0.136. The lowest BCUT2D eigenvalue weighted by molar-refractivity contribution is -0.123. The molecule has 0 saturated carbocycles. The highest BCUT2D eigenvalue weighted by atomic mass is 35.5. The van der Waals surface area contributed by atoms with Gasteiger partial charge in [0.05, 0.1) is 15.4 Å². The summed E-state index contributed by atoms with van der Waals surface area (Å²) in [5.74, 6) is -2.85. The molecule has 2 N–H and O–H groups in total. The summed E-state index contributed by atoms with van der Waals surface area (Å²) in [5, 5.41) is 4.62. The SMILES string of the molecule is C=C(CCNC(=O)COc1ccc(Cl)c(F)c1)NC(=O)c1cc(=O)c2cc(F)c(Cl)cc2o1. The maximum atomic E-state index is 13.5. The standard InChI is InChI=1S/C22H16Cl2F2N2O5/c1-11(4-5-27-21(30)10-32-12-2-3-14(23)16(25)6-12)28-22(31)20-9-18(29)13-7-17(26)15(24)8-19(13)33-20/h2-3,6-9H,1,4-5,10H2,(H,27,30)(H,28,31). The second-order valence-corrected chi connectivity index (χ2v) is 7.57. The minimum atomic E-state index is -0.783. The molecule has 0 spiro atoms. The molecule has 11 heteroatoms. The largest absolute Gasteiger partial charge is 0.484 e. The van der Waals surface area contributed by atoms with Crippen molar-refractivity contribution in [3.63, 3.8) is 0 Å². The molecule has 172 valence electrons. The second kappa shape index (κ2) is 10.5. The predicted molar refractivity (Wildman–Crippen MR) is 119 cm³/mol. The number of carbonyl (C=O) groups is 2. The van der Waals surface area contributed by atoms with E-state index in [4.69, 9.17) is 32.4 Å². The normalized spacial score (nSPS) is 10.7. The Morgan fingerprint density at radius 2 is 1.79 bits per heavy atom. The summed E-state index contributed by atoms with van der Waals surface area (Å²) in [6.45, 7) is 3.44. The van der Waals surface area contributed by atoms with E-state index in [9.17, 15) is 23.2 Å². The molecule has 0 radical (unpaired) electrons. The molecule has 1 heterocycles. The smallest absolute Gasteiger partial charge is 0.291 e. The molecule has 1 aromatic heterocycles. The van der Waals surface area contributed by atoms with Gasteiger partial charge in [-0.3, -0.25) is 14.4 Å². The molecule has 3 aromatic rings. The van der Waals surface area contributed by atoms with Crippen molar-refractivity contribution in [3.8, 4) is 5.75 Å². The predicted octanol–water partition coefficient (Wildman–Crippen LogP) is 4.21. The van der Waals surface area contributed by atoms with Gasteiger partial charge in [-0.15, -0.1) is 0 Å². The van der Waals surface area contributed by atoms with E-state index >= 15 is 0 Å². The van der Waals surface area contributed by atoms with Gasteiger partial charge in [-0.2, -0.15) is 0 Å². The van der Waals surface area contributed by atoms with Crippen LogP contribution in [-0.2, 0) is 4.79 Å². The number of ether oxygens (including phenoxy) is 1. The number of hydrogen-bond donors (Lipinski definition) is 2. The highest BCUT2D eigenvalue weighted by Crippen LogP contribution is 2.22. The molecule has 0 unspecified atom stereocenters. The van der Waals surface area contributed by atoms with Crippen LogP contribution >= 0.6 is 23.2 Å². The van der Waals surface area contributed by atoms with Gasteiger partial charge in [0.25, 0.3) is 11.8 Å². The van der Waals surface area contributed by atoms with E-state index < -0.39 is 28.9 Å². The van der Waals surface area contributed by atoms with Gasteiger partial charge >= 0.3 is 0 Å². The summed E-state index contributed by atoms with van der Waals surface area (Å²) >= 11 is 11.3. The van der Waals surface area contributed by atoms with Crippen LogP contribution in [-0.4, -0.2) is 25.0 Å². The van der Waals surface area contributed by atoms with Crippen LogP contribution in [0.15, 0.2) is 57.9 Å². The third-order valence-electron chi connectivity index (χ3n) is 4.29. The van der Waals surface area contributed by atoms with Gasteiger partial charge in [0.15, 0.2) is 17.8 Å². The Labute approximate surface area is 195 Å². The van der Waals surface area contributed by atoms with Crippen LogP contribution in [0.1, 0.15) is 17.0 Å². The fourth-order valence-electron chi connectivity index (χ4n) is 2.67. The molecular formula is C22H16Cl2F2N2O5. The van der Waals surface area contributed by atoms with Crippen LogP contribution in [0.2, 0.25) is 10.0 Å². The van der Waals surface area contributed by atoms with Gasteiger partial charge in [-0.1, -0.05) is 29.8 Å². The van der Waals surface area contributed by atoms with Crippen LogP contribution in [0.25, 0.3) is 11.0 Å². The Balaban J connectivity index is 1.49. The van der Waals surface area contributed by atoms with E-state index in [1.807, 2.05) is 0 Å². The number of benzene rings is 2. The number of carbonyl (C=O) groups excluding carboxylic acids is 2. The van der Waals surface area contributed by atoms with Crippen LogP contribution in [0.4, 0.5) is 8.78 Å². The molecule has 0 saturated heterocycles. The topological polar surface area (TPSA) is 97.6 Å². The zero-order chi connectivity index (χ0) is 24.1. The quantitative estimate of drug-likeness (QED) is 0.486. The Kier molecular flexibility index (Phi) is 7.67. The summed E-state index contributed by atoms with van der Waals surface area (Å²) in [7, 11) is 0. The molecule has 33 heavy (non-hydrogen) atoms. The van der Waals surface area contributed by atoms with Crippen molar-refractivity contribution >= 4 is 46.0 Å². The highest BCUT2D eigenvalue weighted by molar-refractivity contribution is 6.31. The number of amides is 2. The average Bonchev–Trinajstić information content (AvgIpc) is 2.75. The second-order valence-electron chi connectivity index (χ2n) is 6.76. The van der Waals surface area contributed by atoms with E-state index in [0.29, 0.717) is 0 Å². The van der Waals surface area contributed by atoms with E-state index in [0.717, 1.165) is 24.3 Å².